The van der Waals surface area contributed by atoms with E-state index in [-0.39, 0.29) is 29.2 Å². The molecular weight excluding hydrogens is 424 g/mol. The van der Waals surface area contributed by atoms with E-state index in [0.717, 1.165) is 12.3 Å². The van der Waals surface area contributed by atoms with Crippen LogP contribution in [0.1, 0.15) is 24.2 Å². The van der Waals surface area contributed by atoms with Gasteiger partial charge in [-0.15, -0.1) is 0 Å². The van der Waals surface area contributed by atoms with Crippen LogP contribution in [-0.2, 0) is 16.7 Å². The first-order valence-corrected chi connectivity index (χ1v) is 10.9. The summed E-state index contributed by atoms with van der Waals surface area (Å²) in [6.07, 6.45) is 1.82. The number of carbonyl (C=O) groups is 1. The summed E-state index contributed by atoms with van der Waals surface area (Å²) in [6, 6.07) is 1.02. The van der Waals surface area contributed by atoms with Crippen molar-refractivity contribution in [3.63, 3.8) is 0 Å². The molecule has 2 heterocycles. The molecule has 0 aliphatic carbocycles. The van der Waals surface area contributed by atoms with Gasteiger partial charge in [-0.3, -0.25) is 9.35 Å². The van der Waals surface area contributed by atoms with Gasteiger partial charge in [-0.25, -0.2) is 13.6 Å². The van der Waals surface area contributed by atoms with E-state index in [1.807, 2.05) is 6.92 Å². The van der Waals surface area contributed by atoms with Gasteiger partial charge in [0.2, 0.25) is 5.43 Å². The average molecular weight is 447 g/mol. The summed E-state index contributed by atoms with van der Waals surface area (Å²) < 4.78 is 57.0. The van der Waals surface area contributed by atoms with Gasteiger partial charge in [0.05, 0.1) is 17.2 Å². The summed E-state index contributed by atoms with van der Waals surface area (Å²) in [7, 11) is -3.67. The Morgan fingerprint density at radius 1 is 1.37 bits per heavy atom. The number of hydrogen-bond acceptors (Lipinski definition) is 6. The van der Waals surface area contributed by atoms with E-state index in [4.69, 9.17) is 9.66 Å². The lowest BCUT2D eigenvalue weighted by atomic mass is 10.1. The molecule has 1 saturated heterocycles. The van der Waals surface area contributed by atoms with Crippen LogP contribution in [0.3, 0.4) is 0 Å². The highest BCUT2D eigenvalue weighted by atomic mass is 32.2. The fraction of sp³-hybridized carbons (Fsp3) is 0.444. The number of hydrogen-bond donors (Lipinski definition) is 3. The van der Waals surface area contributed by atoms with Crippen molar-refractivity contribution in [1.82, 2.24) is 9.88 Å². The van der Waals surface area contributed by atoms with E-state index in [0.29, 0.717) is 25.9 Å². The minimum absolute atomic E-state index is 0.0694. The number of aryl methyl sites for hydroxylation is 1. The van der Waals surface area contributed by atoms with Crippen molar-refractivity contribution in [1.29, 1.82) is 0 Å². The van der Waals surface area contributed by atoms with E-state index in [1.54, 1.807) is 11.8 Å². The molecule has 0 spiro atoms. The van der Waals surface area contributed by atoms with E-state index in [1.165, 1.54) is 4.57 Å². The number of piperazine rings is 1. The van der Waals surface area contributed by atoms with Crippen molar-refractivity contribution in [2.45, 2.75) is 26.4 Å². The van der Waals surface area contributed by atoms with Crippen LogP contribution < -0.4 is 15.6 Å². The summed E-state index contributed by atoms with van der Waals surface area (Å²) in [4.78, 5) is 25.2. The molecule has 3 rings (SSSR count). The highest BCUT2D eigenvalue weighted by molar-refractivity contribution is 7.85. The van der Waals surface area contributed by atoms with Gasteiger partial charge < -0.3 is 19.9 Å². The summed E-state index contributed by atoms with van der Waals surface area (Å²) in [5.41, 5.74) is -1.63. The van der Waals surface area contributed by atoms with Crippen LogP contribution in [0.2, 0.25) is 0 Å². The first kappa shape index (κ1) is 23.7. The van der Waals surface area contributed by atoms with Gasteiger partial charge in [0, 0.05) is 38.4 Å². The van der Waals surface area contributed by atoms with E-state index < -0.39 is 38.7 Å². The predicted octanol–water partition coefficient (Wildman–Crippen LogP) is 1.30. The molecule has 9 nitrogen and oxygen atoms in total. The quantitative estimate of drug-likeness (QED) is 0.601. The standard InChI is InChI=1S/C17H19F2N3O3.CH4O3S/c1-3-21-8-11(17(24)25)16(23)10-6-12(18)15(13(19)14(10)21)22-5-4-20-9(2)7-22;1-5(2,3)4/h6,8-9,20H,3-5,7H2,1-2H3,(H,24,25);1H3,(H,2,3,4)/t9-;/m1./s1. The van der Waals surface area contributed by atoms with Crippen LogP contribution in [0.25, 0.3) is 10.9 Å². The number of benzene rings is 1. The number of carboxylic acids is 1. The monoisotopic (exact) mass is 447 g/mol. The molecule has 1 aromatic heterocycles. The Morgan fingerprint density at radius 3 is 2.47 bits per heavy atom. The molecule has 1 aliphatic rings. The summed E-state index contributed by atoms with van der Waals surface area (Å²) >= 11 is 0. The Bertz CT molecular complexity index is 1130. The Morgan fingerprint density at radius 2 is 1.97 bits per heavy atom. The number of nitrogens with zero attached hydrogens (tertiary/aromatic N) is 2. The second kappa shape index (κ2) is 9.06. The van der Waals surface area contributed by atoms with Crippen molar-refractivity contribution in [3.8, 4) is 0 Å². The topological polar surface area (TPSA) is 129 Å². The smallest absolute Gasteiger partial charge is 0.341 e. The zero-order chi connectivity index (χ0) is 22.8. The maximum absolute atomic E-state index is 15.2. The second-order valence-corrected chi connectivity index (χ2v) is 8.38. The third kappa shape index (κ3) is 5.32. The minimum atomic E-state index is -3.67. The first-order valence-electron chi connectivity index (χ1n) is 9.04. The maximum Gasteiger partial charge on any atom is 0.341 e. The van der Waals surface area contributed by atoms with Gasteiger partial charge in [0.15, 0.2) is 5.82 Å². The van der Waals surface area contributed by atoms with Crippen molar-refractivity contribution in [3.05, 3.63) is 39.7 Å². The third-order valence-electron chi connectivity index (χ3n) is 4.49. The van der Waals surface area contributed by atoms with Crippen LogP contribution >= 0.6 is 0 Å². The molecular formula is C18H23F2N3O6S. The number of rotatable bonds is 3. The van der Waals surface area contributed by atoms with Crippen LogP contribution in [0.4, 0.5) is 14.5 Å². The molecule has 0 bridgehead atoms. The molecule has 0 saturated carbocycles. The van der Waals surface area contributed by atoms with Crippen molar-refractivity contribution < 1.29 is 31.7 Å². The van der Waals surface area contributed by atoms with E-state index in [2.05, 4.69) is 5.32 Å². The summed E-state index contributed by atoms with van der Waals surface area (Å²) in [5, 5.41) is 12.1. The molecule has 1 atom stereocenters. The Balaban J connectivity index is 0.000000575. The number of nitrogens with one attached hydrogen (secondary N) is 1. The van der Waals surface area contributed by atoms with Crippen LogP contribution in [-0.4, -0.2) is 60.5 Å². The molecule has 3 N–H and O–H groups in total. The van der Waals surface area contributed by atoms with Crippen molar-refractivity contribution >= 4 is 32.7 Å². The molecule has 2 aromatic rings. The Hall–Kier alpha value is -2.57. The number of carboxylic acid groups (broad SMARTS) is 1. The Labute approximate surface area is 171 Å². The lowest BCUT2D eigenvalue weighted by Gasteiger charge is -2.34. The number of halogens is 2. The molecule has 1 aliphatic heterocycles. The highest BCUT2D eigenvalue weighted by Gasteiger charge is 2.26. The number of aromatic nitrogens is 1. The van der Waals surface area contributed by atoms with E-state index >= 15 is 4.39 Å². The zero-order valence-electron chi connectivity index (χ0n) is 16.6. The fourth-order valence-electron chi connectivity index (χ4n) is 3.30. The van der Waals surface area contributed by atoms with Crippen molar-refractivity contribution in [2.24, 2.45) is 0 Å². The number of aromatic carboxylic acids is 1. The first-order chi connectivity index (χ1) is 13.8. The maximum atomic E-state index is 15.2. The highest BCUT2D eigenvalue weighted by Crippen LogP contribution is 2.30. The lowest BCUT2D eigenvalue weighted by molar-refractivity contribution is 0.0694. The fourth-order valence-corrected chi connectivity index (χ4v) is 3.30. The molecule has 30 heavy (non-hydrogen) atoms. The van der Waals surface area contributed by atoms with Crippen LogP contribution in [0, 0.1) is 11.6 Å². The number of fused-ring (bicyclic) bond motifs is 1. The van der Waals surface area contributed by atoms with Crippen molar-refractivity contribution in [2.75, 3.05) is 30.8 Å². The third-order valence-corrected chi connectivity index (χ3v) is 4.49. The molecule has 166 valence electrons. The van der Waals surface area contributed by atoms with Gasteiger partial charge in [-0.05, 0) is 19.9 Å². The van der Waals surface area contributed by atoms with Gasteiger partial charge in [0.25, 0.3) is 10.1 Å². The normalized spacial score (nSPS) is 16.9. The molecule has 1 aromatic carbocycles. The average Bonchev–Trinajstić information content (AvgIpc) is 2.61. The van der Waals surface area contributed by atoms with Gasteiger partial charge in [-0.2, -0.15) is 8.42 Å². The van der Waals surface area contributed by atoms with Crippen LogP contribution in [0.5, 0.6) is 0 Å². The molecule has 1 fully saturated rings. The molecule has 0 radical (unpaired) electrons. The minimum Gasteiger partial charge on any atom is -0.477 e. The molecule has 0 amide bonds. The van der Waals surface area contributed by atoms with E-state index in [9.17, 15) is 22.4 Å². The lowest BCUT2D eigenvalue weighted by Crippen LogP contribution is -2.49. The molecule has 12 heteroatoms. The van der Waals surface area contributed by atoms with Gasteiger partial charge >= 0.3 is 5.97 Å². The molecule has 0 unspecified atom stereocenters. The summed E-state index contributed by atoms with van der Waals surface area (Å²) in [5.74, 6) is -3.11. The SMILES string of the molecule is CCn1cc(C(=O)O)c(=O)c2cc(F)c(N3CCN[C@H](C)C3)c(F)c21.CS(=O)(=O)O. The Kier molecular flexibility index (Phi) is 7.16. The number of pyridine rings is 1. The van der Waals surface area contributed by atoms with Gasteiger partial charge in [-0.1, -0.05) is 0 Å². The second-order valence-electron chi connectivity index (χ2n) is 6.91. The van der Waals surface area contributed by atoms with Crippen LogP contribution in [0.15, 0.2) is 17.1 Å². The summed E-state index contributed by atoms with van der Waals surface area (Å²) in [6.45, 7) is 5.33. The largest absolute Gasteiger partial charge is 0.477 e. The number of anilines is 1. The van der Waals surface area contributed by atoms with Gasteiger partial charge in [0.1, 0.15) is 17.1 Å². The zero-order valence-corrected chi connectivity index (χ0v) is 17.5. The predicted molar refractivity (Wildman–Crippen MR) is 108 cm³/mol.